The van der Waals surface area contributed by atoms with Gasteiger partial charge >= 0.3 is 0 Å². The topological polar surface area (TPSA) is 74.6 Å². The lowest BCUT2D eigenvalue weighted by molar-refractivity contribution is -0.105. The van der Waals surface area contributed by atoms with Crippen LogP contribution in [0.4, 0.5) is 5.82 Å². The van der Waals surface area contributed by atoms with E-state index in [2.05, 4.69) is 15.5 Å². The fraction of sp³-hybridized carbons (Fsp3) is 0. The second kappa shape index (κ2) is 4.07. The molecule has 12 heavy (non-hydrogen) atoms. The van der Waals surface area contributed by atoms with Crippen LogP contribution in [0.1, 0.15) is 5.56 Å². The van der Waals surface area contributed by atoms with Crippen LogP contribution in [0.5, 0.6) is 0 Å². The number of carbonyl (C=O) groups excluding carboxylic acids is 1. The molecule has 0 aliphatic rings. The highest BCUT2D eigenvalue weighted by molar-refractivity contribution is 5.88. The Kier molecular flexibility index (Phi) is 2.78. The summed E-state index contributed by atoms with van der Waals surface area (Å²) in [4.78, 5) is 13.9. The maximum absolute atomic E-state index is 10.1. The molecule has 1 aromatic rings. The minimum absolute atomic E-state index is 0.366. The molecule has 0 bridgehead atoms. The van der Waals surface area contributed by atoms with Gasteiger partial charge < -0.3 is 10.5 Å². The van der Waals surface area contributed by atoms with Gasteiger partial charge in [0.25, 0.3) is 0 Å². The molecule has 1 rings (SSSR count). The molecule has 0 saturated carbocycles. The third-order valence-electron chi connectivity index (χ3n) is 1.23. The van der Waals surface area contributed by atoms with E-state index in [1.165, 1.54) is 12.4 Å². The highest BCUT2D eigenvalue weighted by atomic mass is 16.4. The van der Waals surface area contributed by atoms with Gasteiger partial charge in [-0.05, 0) is 12.1 Å². The number of nitrogens with zero attached hydrogens (tertiary/aromatic N) is 2. The van der Waals surface area contributed by atoms with Gasteiger partial charge in [-0.25, -0.2) is 4.98 Å². The predicted octanol–water partition coefficient (Wildman–Crippen LogP) is 0.458. The molecular weight excluding hydrogens is 158 g/mol. The molecule has 1 aromatic heterocycles. The molecule has 0 atom stereocenters. The molecule has 0 spiro atoms. The van der Waals surface area contributed by atoms with E-state index in [4.69, 9.17) is 5.21 Å². The second-order valence-electron chi connectivity index (χ2n) is 1.95. The first kappa shape index (κ1) is 8.19. The van der Waals surface area contributed by atoms with Crippen LogP contribution >= 0.6 is 0 Å². The number of anilines is 1. The van der Waals surface area contributed by atoms with Gasteiger partial charge in [-0.15, -0.1) is 0 Å². The van der Waals surface area contributed by atoms with Gasteiger partial charge in [0.05, 0.1) is 6.21 Å². The largest absolute Gasteiger partial charge is 0.411 e. The van der Waals surface area contributed by atoms with Crippen LogP contribution in [0.2, 0.25) is 0 Å². The van der Waals surface area contributed by atoms with Crippen molar-refractivity contribution in [2.24, 2.45) is 5.16 Å². The van der Waals surface area contributed by atoms with E-state index < -0.39 is 0 Å². The Hall–Kier alpha value is -1.91. The molecule has 5 heteroatoms. The van der Waals surface area contributed by atoms with E-state index in [1.807, 2.05) is 0 Å². The number of pyridine rings is 1. The Morgan fingerprint density at radius 2 is 2.50 bits per heavy atom. The van der Waals surface area contributed by atoms with Crippen molar-refractivity contribution < 1.29 is 10.0 Å². The second-order valence-corrected chi connectivity index (χ2v) is 1.95. The van der Waals surface area contributed by atoms with E-state index >= 15 is 0 Å². The molecular formula is C7H7N3O2. The summed E-state index contributed by atoms with van der Waals surface area (Å²) < 4.78 is 0. The summed E-state index contributed by atoms with van der Waals surface area (Å²) in [6, 6.07) is 3.34. The van der Waals surface area contributed by atoms with Gasteiger partial charge in [-0.3, -0.25) is 4.79 Å². The molecule has 1 amide bonds. The first-order chi connectivity index (χ1) is 5.88. The van der Waals surface area contributed by atoms with Crippen LogP contribution < -0.4 is 5.32 Å². The maximum atomic E-state index is 10.1. The fourth-order valence-electron chi connectivity index (χ4n) is 0.761. The number of hydrogen-bond donors (Lipinski definition) is 2. The Bertz CT molecular complexity index is 298. The molecule has 0 saturated heterocycles. The molecule has 0 fully saturated rings. The number of aromatic nitrogens is 1. The lowest BCUT2D eigenvalue weighted by Gasteiger charge is -1.99. The van der Waals surface area contributed by atoms with Crippen molar-refractivity contribution in [2.75, 3.05) is 5.32 Å². The van der Waals surface area contributed by atoms with Crippen LogP contribution in [-0.4, -0.2) is 22.8 Å². The van der Waals surface area contributed by atoms with E-state index in [0.29, 0.717) is 17.8 Å². The minimum Gasteiger partial charge on any atom is -0.411 e. The lowest BCUT2D eigenvalue weighted by Crippen LogP contribution is -2.00. The van der Waals surface area contributed by atoms with Gasteiger partial charge in [0, 0.05) is 11.8 Å². The Morgan fingerprint density at radius 3 is 3.17 bits per heavy atom. The van der Waals surface area contributed by atoms with E-state index in [0.717, 1.165) is 0 Å². The van der Waals surface area contributed by atoms with Crippen molar-refractivity contribution in [1.29, 1.82) is 0 Å². The number of rotatable bonds is 3. The zero-order valence-electron chi connectivity index (χ0n) is 6.14. The van der Waals surface area contributed by atoms with E-state index in [-0.39, 0.29) is 0 Å². The van der Waals surface area contributed by atoms with Crippen molar-refractivity contribution in [3.8, 4) is 0 Å². The Balaban J connectivity index is 2.99. The van der Waals surface area contributed by atoms with Gasteiger partial charge in [-0.1, -0.05) is 5.16 Å². The minimum atomic E-state index is 0.366. The maximum Gasteiger partial charge on any atom is 0.212 e. The van der Waals surface area contributed by atoms with Crippen molar-refractivity contribution in [3.63, 3.8) is 0 Å². The normalized spacial score (nSPS) is 10.0. The first-order valence-corrected chi connectivity index (χ1v) is 3.21. The monoisotopic (exact) mass is 165 g/mol. The fourth-order valence-corrected chi connectivity index (χ4v) is 0.761. The average Bonchev–Trinajstić information content (AvgIpc) is 2.09. The van der Waals surface area contributed by atoms with Crippen LogP contribution in [0.15, 0.2) is 23.5 Å². The van der Waals surface area contributed by atoms with Crippen LogP contribution in [0.3, 0.4) is 0 Å². The van der Waals surface area contributed by atoms with Gasteiger partial charge in [0.2, 0.25) is 6.41 Å². The third-order valence-corrected chi connectivity index (χ3v) is 1.23. The van der Waals surface area contributed by atoms with Crippen molar-refractivity contribution in [3.05, 3.63) is 23.9 Å². The van der Waals surface area contributed by atoms with Crippen LogP contribution in [0, 0.1) is 0 Å². The number of nitrogens with one attached hydrogen (secondary N) is 1. The average molecular weight is 165 g/mol. The zero-order chi connectivity index (χ0) is 8.81. The Labute approximate surface area is 68.7 Å². The van der Waals surface area contributed by atoms with E-state index in [9.17, 15) is 4.79 Å². The summed E-state index contributed by atoms with van der Waals surface area (Å²) in [7, 11) is 0. The van der Waals surface area contributed by atoms with Gasteiger partial charge in [-0.2, -0.15) is 0 Å². The highest BCUT2D eigenvalue weighted by Gasteiger charge is 1.97. The smallest absolute Gasteiger partial charge is 0.212 e. The number of amides is 1. The molecule has 2 N–H and O–H groups in total. The number of hydrogen-bond acceptors (Lipinski definition) is 4. The molecule has 0 aliphatic heterocycles. The summed E-state index contributed by atoms with van der Waals surface area (Å²) in [6.07, 6.45) is 3.23. The summed E-state index contributed by atoms with van der Waals surface area (Å²) in [5, 5.41) is 13.4. The van der Waals surface area contributed by atoms with E-state index in [1.54, 1.807) is 12.1 Å². The van der Waals surface area contributed by atoms with Gasteiger partial charge in [0.1, 0.15) is 5.82 Å². The van der Waals surface area contributed by atoms with Crippen LogP contribution in [0.25, 0.3) is 0 Å². The molecule has 1 heterocycles. The van der Waals surface area contributed by atoms with Crippen LogP contribution in [-0.2, 0) is 4.79 Å². The molecule has 5 nitrogen and oxygen atoms in total. The summed E-state index contributed by atoms with van der Waals surface area (Å²) in [5.41, 5.74) is 0.548. The molecule has 0 aromatic carbocycles. The standard InChI is InChI=1S/C7H7N3O2/c11-5-9-7-6(4-10-12)2-1-3-8-7/h1-5,12H,(H,8,9,11)/b10-4+. The molecule has 0 radical (unpaired) electrons. The molecule has 0 unspecified atom stereocenters. The summed E-state index contributed by atoms with van der Waals surface area (Å²) in [6.45, 7) is 0. The van der Waals surface area contributed by atoms with Crippen molar-refractivity contribution in [1.82, 2.24) is 4.98 Å². The highest BCUT2D eigenvalue weighted by Crippen LogP contribution is 2.06. The SMILES string of the molecule is O=CNc1ncccc1/C=N/O. The first-order valence-electron chi connectivity index (χ1n) is 3.21. The van der Waals surface area contributed by atoms with Crippen molar-refractivity contribution >= 4 is 18.4 Å². The molecule has 62 valence electrons. The predicted molar refractivity (Wildman–Crippen MR) is 43.3 cm³/mol. The number of carbonyl (C=O) groups is 1. The quantitative estimate of drug-likeness (QED) is 0.295. The number of oxime groups is 1. The van der Waals surface area contributed by atoms with Gasteiger partial charge in [0.15, 0.2) is 0 Å². The lowest BCUT2D eigenvalue weighted by atomic mass is 10.3. The van der Waals surface area contributed by atoms with Crippen molar-refractivity contribution in [2.45, 2.75) is 0 Å². The molecule has 0 aliphatic carbocycles. The zero-order valence-corrected chi connectivity index (χ0v) is 6.14. The summed E-state index contributed by atoms with van der Waals surface area (Å²) in [5.74, 6) is 0.366. The summed E-state index contributed by atoms with van der Waals surface area (Å²) >= 11 is 0. The Morgan fingerprint density at radius 1 is 1.67 bits per heavy atom. The third kappa shape index (κ3) is 1.79.